The highest BCUT2D eigenvalue weighted by atomic mass is 16.5. The molecule has 11 nitrogen and oxygen atoms in total. The molecule has 0 rings (SSSR count). The summed E-state index contributed by atoms with van der Waals surface area (Å²) < 4.78 is 4.97. The zero-order valence-electron chi connectivity index (χ0n) is 12.9. The molecule has 0 spiro atoms. The van der Waals surface area contributed by atoms with E-state index in [2.05, 4.69) is 20.7 Å². The first kappa shape index (κ1) is 20.3. The van der Waals surface area contributed by atoms with Crippen molar-refractivity contribution in [3.05, 3.63) is 10.4 Å². The van der Waals surface area contributed by atoms with Crippen LogP contribution < -0.4 is 10.6 Å². The number of rotatable bonds is 9. The second-order valence-electron chi connectivity index (χ2n) is 4.64. The van der Waals surface area contributed by atoms with Crippen LogP contribution >= 0.6 is 0 Å². The predicted octanol–water partition coefficient (Wildman–Crippen LogP) is -1.20. The Bertz CT molecular complexity index is 504. The van der Waals surface area contributed by atoms with Crippen LogP contribution in [0.5, 0.6) is 0 Å². The number of aliphatic hydroxyl groups is 1. The van der Waals surface area contributed by atoms with Gasteiger partial charge in [0.05, 0.1) is 18.7 Å². The number of aliphatic hydroxyl groups excluding tert-OH is 1. The first-order chi connectivity index (χ1) is 10.7. The number of ether oxygens (including phenoxy) is 1. The molecule has 0 saturated heterocycles. The van der Waals surface area contributed by atoms with Crippen LogP contribution in [0, 0.1) is 0 Å². The van der Waals surface area contributed by atoms with E-state index in [-0.39, 0.29) is 0 Å². The molecule has 0 aliphatic heterocycles. The summed E-state index contributed by atoms with van der Waals surface area (Å²) in [4.78, 5) is 47.4. The average molecular weight is 329 g/mol. The first-order valence-corrected chi connectivity index (χ1v) is 6.58. The van der Waals surface area contributed by atoms with Gasteiger partial charge in [-0.15, -0.1) is 0 Å². The lowest BCUT2D eigenvalue weighted by atomic mass is 9.98. The standard InChI is InChI=1S/C12H19N5O6/c1-6(19)15-9(5-18)12(23-8(3)21)11(16-7(2)20)10(22)4-14-17-13/h5,9-12,22H,4H2,1-3H3,(H,15,19)(H,16,20)/t9-,10-,11-,12-/m1/s1. The Hall–Kier alpha value is -2.65. The van der Waals surface area contributed by atoms with Crippen molar-refractivity contribution in [3.63, 3.8) is 0 Å². The molecule has 0 aromatic carbocycles. The SMILES string of the molecule is CC(=O)N[C@@H]([C@H](OC(C)=O)[C@@H](C=O)NC(C)=O)[C@H](O)CN=[N+]=[N-]. The average Bonchev–Trinajstić information content (AvgIpc) is 2.45. The highest BCUT2D eigenvalue weighted by molar-refractivity contribution is 5.78. The Morgan fingerprint density at radius 1 is 1.26 bits per heavy atom. The second-order valence-corrected chi connectivity index (χ2v) is 4.64. The van der Waals surface area contributed by atoms with Gasteiger partial charge in [0, 0.05) is 25.7 Å². The number of carbonyl (C=O) groups excluding carboxylic acids is 4. The Labute approximate surface area is 132 Å². The molecule has 128 valence electrons. The van der Waals surface area contributed by atoms with Crippen molar-refractivity contribution in [2.45, 2.75) is 45.1 Å². The molecule has 0 unspecified atom stereocenters. The minimum Gasteiger partial charge on any atom is -0.458 e. The number of carbonyl (C=O) groups is 4. The Morgan fingerprint density at radius 3 is 2.22 bits per heavy atom. The first-order valence-electron chi connectivity index (χ1n) is 6.58. The summed E-state index contributed by atoms with van der Waals surface area (Å²) in [5, 5.41) is 17.8. The number of aldehydes is 1. The molecule has 23 heavy (non-hydrogen) atoms. The zero-order chi connectivity index (χ0) is 18.0. The molecule has 0 aliphatic rings. The monoisotopic (exact) mass is 329 g/mol. The van der Waals surface area contributed by atoms with Crippen molar-refractivity contribution in [3.8, 4) is 0 Å². The number of esters is 1. The summed E-state index contributed by atoms with van der Waals surface area (Å²) in [7, 11) is 0. The molecule has 11 heteroatoms. The highest BCUT2D eigenvalue weighted by Gasteiger charge is 2.37. The van der Waals surface area contributed by atoms with Crippen molar-refractivity contribution in [1.82, 2.24) is 10.6 Å². The van der Waals surface area contributed by atoms with Crippen molar-refractivity contribution in [1.29, 1.82) is 0 Å². The molecule has 0 bridgehead atoms. The van der Waals surface area contributed by atoms with Crippen LogP contribution in [0.25, 0.3) is 10.4 Å². The Kier molecular flexibility index (Phi) is 8.97. The van der Waals surface area contributed by atoms with Gasteiger partial charge in [-0.1, -0.05) is 5.11 Å². The summed E-state index contributed by atoms with van der Waals surface area (Å²) in [6.45, 7) is 2.91. The van der Waals surface area contributed by atoms with E-state index in [0.717, 1.165) is 20.8 Å². The van der Waals surface area contributed by atoms with Gasteiger partial charge < -0.3 is 25.3 Å². The van der Waals surface area contributed by atoms with Gasteiger partial charge in [0.15, 0.2) is 6.10 Å². The van der Waals surface area contributed by atoms with Crippen molar-refractivity contribution >= 4 is 24.1 Å². The van der Waals surface area contributed by atoms with Gasteiger partial charge >= 0.3 is 5.97 Å². The van der Waals surface area contributed by atoms with Gasteiger partial charge in [0.25, 0.3) is 0 Å². The van der Waals surface area contributed by atoms with E-state index in [0.29, 0.717) is 6.29 Å². The fourth-order valence-corrected chi connectivity index (χ4v) is 1.86. The van der Waals surface area contributed by atoms with E-state index in [1.54, 1.807) is 0 Å². The molecule has 0 fully saturated rings. The lowest BCUT2D eigenvalue weighted by Gasteiger charge is -2.33. The number of azide groups is 1. The van der Waals surface area contributed by atoms with Crippen LogP contribution in [0.3, 0.4) is 0 Å². The van der Waals surface area contributed by atoms with E-state index in [4.69, 9.17) is 10.3 Å². The number of nitrogens with zero attached hydrogens (tertiary/aromatic N) is 3. The van der Waals surface area contributed by atoms with Gasteiger partial charge in [-0.05, 0) is 5.53 Å². The van der Waals surface area contributed by atoms with Crippen LogP contribution in [-0.4, -0.2) is 60.0 Å². The lowest BCUT2D eigenvalue weighted by Crippen LogP contribution is -2.60. The van der Waals surface area contributed by atoms with E-state index in [1.165, 1.54) is 0 Å². The maximum Gasteiger partial charge on any atom is 0.303 e. The Morgan fingerprint density at radius 2 is 1.83 bits per heavy atom. The van der Waals surface area contributed by atoms with Crippen LogP contribution in [0.1, 0.15) is 20.8 Å². The van der Waals surface area contributed by atoms with Gasteiger partial charge in [-0.25, -0.2) is 0 Å². The topological polar surface area (TPSA) is 171 Å². The van der Waals surface area contributed by atoms with Gasteiger partial charge in [-0.2, -0.15) is 0 Å². The fraction of sp³-hybridized carbons (Fsp3) is 0.667. The largest absolute Gasteiger partial charge is 0.458 e. The summed E-state index contributed by atoms with van der Waals surface area (Å²) in [5.74, 6) is -1.96. The number of nitrogens with one attached hydrogen (secondary N) is 2. The molecule has 0 aromatic heterocycles. The number of hydrogen-bond donors (Lipinski definition) is 3. The smallest absolute Gasteiger partial charge is 0.303 e. The van der Waals surface area contributed by atoms with Crippen molar-refractivity contribution in [2.75, 3.05) is 6.54 Å². The number of amides is 2. The minimum absolute atomic E-state index is 0.310. The molecular formula is C12H19N5O6. The molecule has 0 aliphatic carbocycles. The van der Waals surface area contributed by atoms with E-state index >= 15 is 0 Å². The minimum atomic E-state index is -1.45. The van der Waals surface area contributed by atoms with E-state index in [1.807, 2.05) is 0 Å². The third-order valence-electron chi connectivity index (χ3n) is 2.64. The maximum atomic E-state index is 11.3. The molecule has 4 atom stereocenters. The van der Waals surface area contributed by atoms with Crippen LogP contribution in [0.2, 0.25) is 0 Å². The van der Waals surface area contributed by atoms with Crippen molar-refractivity contribution < 1.29 is 29.0 Å². The van der Waals surface area contributed by atoms with Crippen LogP contribution in [-0.2, 0) is 23.9 Å². The predicted molar refractivity (Wildman–Crippen MR) is 76.8 cm³/mol. The normalized spacial score (nSPS) is 15.1. The summed E-state index contributed by atoms with van der Waals surface area (Å²) >= 11 is 0. The highest BCUT2D eigenvalue weighted by Crippen LogP contribution is 2.11. The molecule has 0 saturated carbocycles. The van der Waals surface area contributed by atoms with E-state index in [9.17, 15) is 24.3 Å². The molecule has 0 aromatic rings. The van der Waals surface area contributed by atoms with Crippen LogP contribution in [0.15, 0.2) is 5.11 Å². The molecule has 0 radical (unpaired) electrons. The van der Waals surface area contributed by atoms with Gasteiger partial charge in [0.2, 0.25) is 11.8 Å². The maximum absolute atomic E-state index is 11.3. The van der Waals surface area contributed by atoms with Gasteiger partial charge in [0.1, 0.15) is 12.3 Å². The summed E-state index contributed by atoms with van der Waals surface area (Å²) in [5.41, 5.74) is 8.30. The molecule has 0 heterocycles. The second kappa shape index (κ2) is 10.1. The third-order valence-corrected chi connectivity index (χ3v) is 2.64. The summed E-state index contributed by atoms with van der Waals surface area (Å²) in [6.07, 6.45) is -2.53. The van der Waals surface area contributed by atoms with Gasteiger partial charge in [-0.3, -0.25) is 14.4 Å². The number of hydrogen-bond acceptors (Lipinski definition) is 7. The molecule has 2 amide bonds. The molecular weight excluding hydrogens is 310 g/mol. The van der Waals surface area contributed by atoms with Crippen LogP contribution in [0.4, 0.5) is 0 Å². The lowest BCUT2D eigenvalue weighted by molar-refractivity contribution is -0.154. The fourth-order valence-electron chi connectivity index (χ4n) is 1.86. The Balaban J connectivity index is 5.61. The quantitative estimate of drug-likeness (QED) is 0.158. The van der Waals surface area contributed by atoms with Crippen molar-refractivity contribution in [2.24, 2.45) is 5.11 Å². The zero-order valence-corrected chi connectivity index (χ0v) is 12.9. The summed E-state index contributed by atoms with van der Waals surface area (Å²) in [6, 6.07) is -2.59. The molecule has 3 N–H and O–H groups in total. The third kappa shape index (κ3) is 7.79. The van der Waals surface area contributed by atoms with E-state index < -0.39 is 48.6 Å².